The SMILES string of the molecule is Cc1nn(C)c(C)c1-c1ccc(-c2nnc(N(C)Cc3ccc4nccn4c3)o2)c(C#N)c1. The fourth-order valence-electron chi connectivity index (χ4n) is 4.05. The lowest BCUT2D eigenvalue weighted by Gasteiger charge is -2.14. The molecule has 0 atom stereocenters. The number of nitriles is 1. The van der Waals surface area contributed by atoms with Crippen LogP contribution in [0.15, 0.2) is 53.3 Å². The molecule has 0 fully saturated rings. The molecule has 0 saturated heterocycles. The first-order valence-corrected chi connectivity index (χ1v) is 10.5. The zero-order valence-corrected chi connectivity index (χ0v) is 18.8. The number of anilines is 1. The number of aromatic nitrogens is 6. The Balaban J connectivity index is 1.42. The Bertz CT molecular complexity index is 1520. The first kappa shape index (κ1) is 20.5. The summed E-state index contributed by atoms with van der Waals surface area (Å²) in [6, 6.07) is 12.3. The third kappa shape index (κ3) is 3.61. The Morgan fingerprint density at radius 3 is 2.76 bits per heavy atom. The molecule has 0 spiro atoms. The molecule has 0 aliphatic heterocycles. The molecule has 5 aromatic rings. The molecule has 9 nitrogen and oxygen atoms in total. The second-order valence-electron chi connectivity index (χ2n) is 8.02. The number of benzene rings is 1. The molecular weight excluding hydrogens is 416 g/mol. The van der Waals surface area contributed by atoms with Crippen molar-refractivity contribution in [1.29, 1.82) is 5.26 Å². The Morgan fingerprint density at radius 2 is 2.00 bits per heavy atom. The number of rotatable bonds is 5. The summed E-state index contributed by atoms with van der Waals surface area (Å²) >= 11 is 0. The van der Waals surface area contributed by atoms with E-state index in [9.17, 15) is 5.26 Å². The average molecular weight is 438 g/mol. The van der Waals surface area contributed by atoms with Gasteiger partial charge in [-0.05, 0) is 43.2 Å². The van der Waals surface area contributed by atoms with Crippen LogP contribution >= 0.6 is 0 Å². The van der Waals surface area contributed by atoms with Crippen molar-refractivity contribution < 1.29 is 4.42 Å². The largest absolute Gasteiger partial charge is 0.403 e. The smallest absolute Gasteiger partial charge is 0.318 e. The molecule has 1 aromatic carbocycles. The third-order valence-electron chi connectivity index (χ3n) is 5.78. The zero-order valence-electron chi connectivity index (χ0n) is 18.8. The van der Waals surface area contributed by atoms with Crippen molar-refractivity contribution in [2.45, 2.75) is 20.4 Å². The van der Waals surface area contributed by atoms with Crippen LogP contribution < -0.4 is 4.90 Å². The van der Waals surface area contributed by atoms with Crippen LogP contribution in [-0.4, -0.2) is 36.4 Å². The van der Waals surface area contributed by atoms with Crippen molar-refractivity contribution in [3.05, 3.63) is 71.4 Å². The van der Waals surface area contributed by atoms with Gasteiger partial charge in [0.15, 0.2) is 0 Å². The predicted octanol–water partition coefficient (Wildman–Crippen LogP) is 3.91. The topological polar surface area (TPSA) is 101 Å². The van der Waals surface area contributed by atoms with Crippen LogP contribution in [0.3, 0.4) is 0 Å². The van der Waals surface area contributed by atoms with E-state index >= 15 is 0 Å². The molecular formula is C24H22N8O. The van der Waals surface area contributed by atoms with Gasteiger partial charge in [-0.25, -0.2) is 4.98 Å². The lowest BCUT2D eigenvalue weighted by atomic mass is 9.98. The van der Waals surface area contributed by atoms with Crippen LogP contribution in [0.4, 0.5) is 6.01 Å². The van der Waals surface area contributed by atoms with Crippen molar-refractivity contribution in [3.63, 3.8) is 0 Å². The molecule has 9 heteroatoms. The monoisotopic (exact) mass is 438 g/mol. The maximum atomic E-state index is 9.80. The van der Waals surface area contributed by atoms with Crippen LogP contribution in [0.1, 0.15) is 22.5 Å². The second-order valence-corrected chi connectivity index (χ2v) is 8.02. The Labute approximate surface area is 190 Å². The lowest BCUT2D eigenvalue weighted by Crippen LogP contribution is -2.17. The summed E-state index contributed by atoms with van der Waals surface area (Å²) in [7, 11) is 3.80. The summed E-state index contributed by atoms with van der Waals surface area (Å²) < 4.78 is 9.74. The molecule has 0 amide bonds. The van der Waals surface area contributed by atoms with Crippen molar-refractivity contribution >= 4 is 11.7 Å². The molecule has 0 N–H and O–H groups in total. The van der Waals surface area contributed by atoms with E-state index in [-0.39, 0.29) is 0 Å². The first-order valence-electron chi connectivity index (χ1n) is 10.5. The normalized spacial score (nSPS) is 11.1. The number of imidazole rings is 1. The number of nitrogens with zero attached hydrogens (tertiary/aromatic N) is 8. The highest BCUT2D eigenvalue weighted by Crippen LogP contribution is 2.32. The van der Waals surface area contributed by atoms with E-state index in [0.29, 0.717) is 29.6 Å². The van der Waals surface area contributed by atoms with Crippen LogP contribution in [0.25, 0.3) is 28.2 Å². The van der Waals surface area contributed by atoms with Crippen molar-refractivity contribution in [3.8, 4) is 28.7 Å². The fraction of sp³-hybridized carbons (Fsp3) is 0.208. The van der Waals surface area contributed by atoms with Crippen LogP contribution in [0.5, 0.6) is 0 Å². The van der Waals surface area contributed by atoms with Gasteiger partial charge >= 0.3 is 6.01 Å². The van der Waals surface area contributed by atoms with E-state index in [1.54, 1.807) is 6.20 Å². The van der Waals surface area contributed by atoms with Gasteiger partial charge in [-0.1, -0.05) is 17.2 Å². The second kappa shape index (κ2) is 7.91. The third-order valence-corrected chi connectivity index (χ3v) is 5.78. The zero-order chi connectivity index (χ0) is 23.1. The molecule has 33 heavy (non-hydrogen) atoms. The van der Waals surface area contributed by atoms with Gasteiger partial charge in [0.1, 0.15) is 5.65 Å². The van der Waals surface area contributed by atoms with Crippen molar-refractivity contribution in [2.75, 3.05) is 11.9 Å². The fourth-order valence-corrected chi connectivity index (χ4v) is 4.05. The maximum Gasteiger partial charge on any atom is 0.318 e. The Morgan fingerprint density at radius 1 is 1.15 bits per heavy atom. The maximum absolute atomic E-state index is 9.80. The van der Waals surface area contributed by atoms with E-state index in [4.69, 9.17) is 4.42 Å². The van der Waals surface area contributed by atoms with Gasteiger partial charge in [-0.3, -0.25) is 4.68 Å². The molecule has 0 aliphatic carbocycles. The van der Waals surface area contributed by atoms with Gasteiger partial charge in [0, 0.05) is 50.5 Å². The van der Waals surface area contributed by atoms with Crippen LogP contribution in [-0.2, 0) is 13.6 Å². The summed E-state index contributed by atoms with van der Waals surface area (Å²) in [5.41, 5.74) is 6.97. The lowest BCUT2D eigenvalue weighted by molar-refractivity contribution is 0.554. The van der Waals surface area contributed by atoms with Crippen LogP contribution in [0.2, 0.25) is 0 Å². The number of aryl methyl sites for hydroxylation is 2. The summed E-state index contributed by atoms with van der Waals surface area (Å²) in [5.74, 6) is 0.310. The number of pyridine rings is 1. The van der Waals surface area contributed by atoms with Gasteiger partial charge in [0.05, 0.1) is 22.9 Å². The average Bonchev–Trinajstić information content (AvgIpc) is 3.53. The molecule has 4 aromatic heterocycles. The highest BCUT2D eigenvalue weighted by atomic mass is 16.4. The first-order chi connectivity index (χ1) is 15.9. The van der Waals surface area contributed by atoms with E-state index in [0.717, 1.165) is 33.7 Å². The van der Waals surface area contributed by atoms with Gasteiger partial charge < -0.3 is 13.7 Å². The number of hydrogen-bond acceptors (Lipinski definition) is 7. The summed E-state index contributed by atoms with van der Waals surface area (Å²) in [6.07, 6.45) is 5.69. The van der Waals surface area contributed by atoms with E-state index in [2.05, 4.69) is 26.3 Å². The highest BCUT2D eigenvalue weighted by Gasteiger charge is 2.18. The van der Waals surface area contributed by atoms with E-state index in [1.807, 2.05) is 84.7 Å². The quantitative estimate of drug-likeness (QED) is 0.410. The van der Waals surface area contributed by atoms with Gasteiger partial charge in [0.25, 0.3) is 5.89 Å². The summed E-state index contributed by atoms with van der Waals surface area (Å²) in [5, 5.41) is 22.7. The molecule has 5 rings (SSSR count). The van der Waals surface area contributed by atoms with Gasteiger partial charge in [0.2, 0.25) is 0 Å². The summed E-state index contributed by atoms with van der Waals surface area (Å²) in [4.78, 5) is 6.14. The molecule has 4 heterocycles. The minimum absolute atomic E-state index is 0.310. The Kier molecular flexibility index (Phi) is 4.90. The Hall–Kier alpha value is -4.45. The minimum atomic E-state index is 0.310. The van der Waals surface area contributed by atoms with Crippen molar-refractivity contribution in [1.82, 2.24) is 29.4 Å². The number of hydrogen-bond donors (Lipinski definition) is 0. The molecule has 164 valence electrons. The summed E-state index contributed by atoms with van der Waals surface area (Å²) in [6.45, 7) is 4.56. The predicted molar refractivity (Wildman–Crippen MR) is 123 cm³/mol. The highest BCUT2D eigenvalue weighted by molar-refractivity contribution is 5.75. The standard InChI is InChI=1S/C24H22N8O/c1-15-22(16(2)31(4)29-15)18-6-7-20(19(11-18)12-25)23-27-28-24(33-23)30(3)13-17-5-8-21-26-9-10-32(21)14-17/h5-11,14H,13H2,1-4H3. The molecule has 0 radical (unpaired) electrons. The number of fused-ring (bicyclic) bond motifs is 1. The van der Waals surface area contributed by atoms with E-state index < -0.39 is 0 Å². The van der Waals surface area contributed by atoms with E-state index in [1.165, 1.54) is 0 Å². The molecule has 0 saturated carbocycles. The molecule has 0 bridgehead atoms. The van der Waals surface area contributed by atoms with Gasteiger partial charge in [-0.2, -0.15) is 10.4 Å². The molecule has 0 aliphatic rings. The van der Waals surface area contributed by atoms with Crippen LogP contribution in [0, 0.1) is 25.2 Å². The molecule has 0 unspecified atom stereocenters. The minimum Gasteiger partial charge on any atom is -0.403 e. The van der Waals surface area contributed by atoms with Crippen molar-refractivity contribution in [2.24, 2.45) is 7.05 Å². The van der Waals surface area contributed by atoms with Gasteiger partial charge in [-0.15, -0.1) is 5.10 Å².